The van der Waals surface area contributed by atoms with Crippen molar-refractivity contribution in [2.75, 3.05) is 16.4 Å². The van der Waals surface area contributed by atoms with Crippen LogP contribution in [0.5, 0.6) is 0 Å². The number of thioether (sulfide) groups is 1. The Morgan fingerprint density at radius 1 is 1.35 bits per heavy atom. The Morgan fingerprint density at radius 2 is 2.19 bits per heavy atom. The average Bonchev–Trinajstić information content (AvgIpc) is 3.25. The lowest BCUT2D eigenvalue weighted by Crippen LogP contribution is -2.15. The molecule has 0 fully saturated rings. The van der Waals surface area contributed by atoms with Crippen LogP contribution in [0.15, 0.2) is 39.3 Å². The Balaban J connectivity index is 1.50. The first-order valence-corrected chi connectivity index (χ1v) is 9.98. The molecule has 0 aliphatic rings. The topological polar surface area (TPSA) is 80.0 Å². The maximum atomic E-state index is 12.2. The van der Waals surface area contributed by atoms with E-state index in [4.69, 9.17) is 16.0 Å². The van der Waals surface area contributed by atoms with Crippen LogP contribution in [-0.2, 0) is 11.3 Å². The Kier molecular flexibility index (Phi) is 6.18. The molecule has 9 heteroatoms. The quantitative estimate of drug-likeness (QED) is 0.549. The number of furan rings is 1. The van der Waals surface area contributed by atoms with Gasteiger partial charge in [0.2, 0.25) is 11.0 Å². The third kappa shape index (κ3) is 5.00. The number of aromatic nitrogens is 2. The molecule has 3 aromatic rings. The molecule has 2 aromatic heterocycles. The molecule has 6 nitrogen and oxygen atoms in total. The maximum absolute atomic E-state index is 12.2. The number of nitrogens with zero attached hydrogens (tertiary/aromatic N) is 2. The van der Waals surface area contributed by atoms with E-state index in [0.717, 1.165) is 16.9 Å². The second kappa shape index (κ2) is 8.57. The van der Waals surface area contributed by atoms with Crippen LogP contribution in [-0.4, -0.2) is 21.9 Å². The number of hydrogen-bond donors (Lipinski definition) is 2. The van der Waals surface area contributed by atoms with Gasteiger partial charge in [-0.3, -0.25) is 4.79 Å². The van der Waals surface area contributed by atoms with Crippen molar-refractivity contribution < 1.29 is 9.21 Å². The number of amides is 1. The van der Waals surface area contributed by atoms with Crippen molar-refractivity contribution in [2.45, 2.75) is 24.7 Å². The van der Waals surface area contributed by atoms with Crippen molar-refractivity contribution in [2.24, 2.45) is 0 Å². The van der Waals surface area contributed by atoms with E-state index < -0.39 is 0 Å². The third-order valence-electron chi connectivity index (χ3n) is 3.42. The molecule has 0 spiro atoms. The Bertz CT molecular complexity index is 873. The molecule has 0 saturated heterocycles. The molecule has 1 amide bonds. The summed E-state index contributed by atoms with van der Waals surface area (Å²) >= 11 is 8.95. The first kappa shape index (κ1) is 18.8. The summed E-state index contributed by atoms with van der Waals surface area (Å²) in [5, 5.41) is 15.4. The molecule has 0 atom stereocenters. The van der Waals surface area contributed by atoms with Crippen LogP contribution < -0.4 is 10.6 Å². The predicted molar refractivity (Wildman–Crippen MR) is 106 cm³/mol. The van der Waals surface area contributed by atoms with E-state index in [1.54, 1.807) is 6.26 Å². The largest absolute Gasteiger partial charge is 0.467 e. The Morgan fingerprint density at radius 3 is 2.92 bits per heavy atom. The van der Waals surface area contributed by atoms with Crippen molar-refractivity contribution in [3.05, 3.63) is 52.4 Å². The third-order valence-corrected chi connectivity index (χ3v) is 5.74. The van der Waals surface area contributed by atoms with Crippen molar-refractivity contribution in [3.8, 4) is 0 Å². The minimum Gasteiger partial charge on any atom is -0.467 e. The van der Waals surface area contributed by atoms with Crippen LogP contribution in [0.2, 0.25) is 5.02 Å². The molecule has 26 heavy (non-hydrogen) atoms. The molecule has 0 saturated carbocycles. The fourth-order valence-electron chi connectivity index (χ4n) is 2.29. The van der Waals surface area contributed by atoms with Crippen LogP contribution in [0.25, 0.3) is 0 Å². The van der Waals surface area contributed by atoms with Gasteiger partial charge in [-0.1, -0.05) is 40.8 Å². The highest BCUT2D eigenvalue weighted by molar-refractivity contribution is 8.01. The van der Waals surface area contributed by atoms with E-state index in [1.165, 1.54) is 23.1 Å². The second-order valence-corrected chi connectivity index (χ2v) is 8.19. The minimum atomic E-state index is -0.135. The highest BCUT2D eigenvalue weighted by Gasteiger charge is 2.12. The van der Waals surface area contributed by atoms with Gasteiger partial charge in [-0.25, -0.2) is 0 Å². The number of anilines is 2. The van der Waals surface area contributed by atoms with Gasteiger partial charge in [-0.2, -0.15) is 0 Å². The molecular formula is C17H17ClN4O2S2. The van der Waals surface area contributed by atoms with E-state index >= 15 is 0 Å². The van der Waals surface area contributed by atoms with Gasteiger partial charge < -0.3 is 15.1 Å². The molecule has 1 aromatic carbocycles. The van der Waals surface area contributed by atoms with Gasteiger partial charge in [-0.05, 0) is 43.2 Å². The van der Waals surface area contributed by atoms with Gasteiger partial charge in [0.05, 0.1) is 29.3 Å². The van der Waals surface area contributed by atoms with Gasteiger partial charge in [-0.15, -0.1) is 10.2 Å². The molecule has 0 bridgehead atoms. The number of aryl methyl sites for hydroxylation is 2. The fraction of sp³-hybridized carbons (Fsp3) is 0.235. The van der Waals surface area contributed by atoms with E-state index in [2.05, 4.69) is 20.8 Å². The minimum absolute atomic E-state index is 0.135. The monoisotopic (exact) mass is 408 g/mol. The lowest BCUT2D eigenvalue weighted by atomic mass is 10.1. The summed E-state index contributed by atoms with van der Waals surface area (Å²) in [4.78, 5) is 12.2. The summed E-state index contributed by atoms with van der Waals surface area (Å²) in [5.74, 6) is 0.916. The summed E-state index contributed by atoms with van der Waals surface area (Å²) < 4.78 is 5.97. The normalized spacial score (nSPS) is 10.7. The molecule has 0 aliphatic heterocycles. The summed E-state index contributed by atoms with van der Waals surface area (Å²) in [6.07, 6.45) is 1.62. The zero-order valence-electron chi connectivity index (χ0n) is 14.2. The average molecular weight is 409 g/mol. The first-order chi connectivity index (χ1) is 12.5. The van der Waals surface area contributed by atoms with Gasteiger partial charge in [0.25, 0.3) is 0 Å². The van der Waals surface area contributed by atoms with Gasteiger partial charge in [0.15, 0.2) is 4.34 Å². The molecule has 0 aliphatic carbocycles. The van der Waals surface area contributed by atoms with Crippen LogP contribution in [0.3, 0.4) is 0 Å². The number of hydrogen-bond acceptors (Lipinski definition) is 7. The van der Waals surface area contributed by atoms with Crippen molar-refractivity contribution in [1.82, 2.24) is 10.2 Å². The number of halogens is 1. The number of carbonyl (C=O) groups excluding carboxylic acids is 1. The molecule has 0 radical (unpaired) electrons. The predicted octanol–water partition coefficient (Wildman–Crippen LogP) is 4.74. The van der Waals surface area contributed by atoms with Crippen molar-refractivity contribution in [1.29, 1.82) is 0 Å². The van der Waals surface area contributed by atoms with E-state index in [-0.39, 0.29) is 11.7 Å². The zero-order chi connectivity index (χ0) is 18.5. The molecule has 2 N–H and O–H groups in total. The molecule has 2 heterocycles. The van der Waals surface area contributed by atoms with E-state index in [0.29, 0.717) is 26.7 Å². The lowest BCUT2D eigenvalue weighted by Gasteiger charge is -2.11. The molecule has 3 rings (SSSR count). The second-order valence-electron chi connectivity index (χ2n) is 5.58. The zero-order valence-corrected chi connectivity index (χ0v) is 16.6. The summed E-state index contributed by atoms with van der Waals surface area (Å²) in [6, 6.07) is 7.53. The van der Waals surface area contributed by atoms with Gasteiger partial charge in [0, 0.05) is 0 Å². The van der Waals surface area contributed by atoms with Crippen molar-refractivity contribution in [3.63, 3.8) is 0 Å². The fourth-order valence-corrected chi connectivity index (χ4v) is 4.21. The van der Waals surface area contributed by atoms with Crippen LogP contribution in [0, 0.1) is 13.8 Å². The summed E-state index contributed by atoms with van der Waals surface area (Å²) in [6.45, 7) is 4.43. The molecule has 136 valence electrons. The molecular weight excluding hydrogens is 392 g/mol. The van der Waals surface area contributed by atoms with Gasteiger partial charge in [0.1, 0.15) is 5.76 Å². The highest BCUT2D eigenvalue weighted by atomic mass is 35.5. The molecule has 0 unspecified atom stereocenters. The lowest BCUT2D eigenvalue weighted by molar-refractivity contribution is -0.113. The number of rotatable bonds is 7. The Hall–Kier alpha value is -2.03. The number of carbonyl (C=O) groups is 1. The van der Waals surface area contributed by atoms with E-state index in [9.17, 15) is 4.79 Å². The number of nitrogens with one attached hydrogen (secondary N) is 2. The Labute approximate surface area is 164 Å². The highest BCUT2D eigenvalue weighted by Crippen LogP contribution is 2.29. The van der Waals surface area contributed by atoms with Crippen LogP contribution in [0.1, 0.15) is 16.9 Å². The van der Waals surface area contributed by atoms with Crippen LogP contribution in [0.4, 0.5) is 10.8 Å². The van der Waals surface area contributed by atoms with Crippen molar-refractivity contribution >= 4 is 51.4 Å². The number of benzene rings is 1. The van der Waals surface area contributed by atoms with Crippen LogP contribution >= 0.6 is 34.7 Å². The summed E-state index contributed by atoms with van der Waals surface area (Å²) in [7, 11) is 0. The maximum Gasteiger partial charge on any atom is 0.234 e. The van der Waals surface area contributed by atoms with E-state index in [1.807, 2.05) is 38.1 Å². The first-order valence-electron chi connectivity index (χ1n) is 7.80. The standard InChI is InChI=1S/C17H17ClN4O2S2/c1-10-6-11(2)15(13(18)7-10)20-14(23)9-25-17-22-21-16(26-17)19-8-12-4-3-5-24-12/h3-7H,8-9H2,1-2H3,(H,19,21)(H,20,23). The summed E-state index contributed by atoms with van der Waals surface area (Å²) in [5.41, 5.74) is 2.65. The SMILES string of the molecule is Cc1cc(C)c(NC(=O)CSc2nnc(NCc3ccco3)s2)c(Cl)c1. The van der Waals surface area contributed by atoms with Gasteiger partial charge >= 0.3 is 0 Å². The smallest absolute Gasteiger partial charge is 0.234 e.